The van der Waals surface area contributed by atoms with E-state index >= 15 is 0 Å². The Morgan fingerprint density at radius 1 is 0.512 bits per heavy atom. The second-order valence-electron chi connectivity index (χ2n) is 18.3. The van der Waals surface area contributed by atoms with Gasteiger partial charge in [-0.1, -0.05) is 115 Å². The van der Waals surface area contributed by atoms with Gasteiger partial charge >= 0.3 is 24.5 Å². The number of nitrogen functional groups attached to an aromatic ring is 1. The number of aromatic amines is 1. The van der Waals surface area contributed by atoms with Crippen molar-refractivity contribution in [3.05, 3.63) is 239 Å². The molecule has 0 unspecified atom stereocenters. The Labute approximate surface area is 482 Å². The SMILES string of the molecule is Nc1cc(C(=O)NCc2cccs2)nc2c(C(F)(F)F)cc(-c3ccccc3)cc12.O=C(NCc1cccs1)c1cc(Cl)c2cc(-c3ccccc3)cc(C(F)(F)F)c2n1.O=C(O)c1cc(=O)c2cc(-c3ccccc3)cc(C(F)(F)F)c2[nH]1. The Morgan fingerprint density at radius 2 is 0.917 bits per heavy atom. The van der Waals surface area contributed by atoms with Crippen LogP contribution in [-0.4, -0.2) is 37.8 Å². The number of pyridine rings is 3. The Bertz CT molecular complexity index is 4090. The van der Waals surface area contributed by atoms with Gasteiger partial charge in [0.1, 0.15) is 17.1 Å². The zero-order valence-corrected chi connectivity index (χ0v) is 45.3. The van der Waals surface area contributed by atoms with Crippen molar-refractivity contribution in [2.45, 2.75) is 31.6 Å². The summed E-state index contributed by atoms with van der Waals surface area (Å²) in [6.45, 7) is 0.516. The molecule has 0 radical (unpaired) electrons. The number of hydrogen-bond donors (Lipinski definition) is 5. The molecule has 5 aromatic heterocycles. The molecule has 2 amide bonds. The average molecular weight is 1210 g/mol. The van der Waals surface area contributed by atoms with E-state index < -0.39 is 69.6 Å². The largest absolute Gasteiger partial charge is 0.477 e. The molecule has 11 nitrogen and oxygen atoms in total. The number of fused-ring (bicyclic) bond motifs is 3. The molecule has 0 atom stereocenters. The molecule has 0 aliphatic rings. The zero-order valence-electron chi connectivity index (χ0n) is 42.9. The van der Waals surface area contributed by atoms with Crippen LogP contribution in [0.4, 0.5) is 45.2 Å². The third-order valence-electron chi connectivity index (χ3n) is 12.7. The highest BCUT2D eigenvalue weighted by atomic mass is 35.5. The number of carbonyl (C=O) groups is 3. The first-order valence-corrected chi connectivity index (χ1v) is 26.9. The van der Waals surface area contributed by atoms with Crippen molar-refractivity contribution in [1.82, 2.24) is 25.6 Å². The van der Waals surface area contributed by atoms with Gasteiger partial charge in [0.2, 0.25) is 0 Å². The van der Waals surface area contributed by atoms with Crippen LogP contribution in [0.25, 0.3) is 66.1 Å². The van der Waals surface area contributed by atoms with E-state index in [4.69, 9.17) is 22.4 Å². The van der Waals surface area contributed by atoms with Gasteiger partial charge in [0, 0.05) is 37.7 Å². The lowest BCUT2D eigenvalue weighted by Crippen LogP contribution is -2.24. The fraction of sp³-hybridized carbons (Fsp3) is 0.0820. The summed E-state index contributed by atoms with van der Waals surface area (Å²) >= 11 is 9.23. The third-order valence-corrected chi connectivity index (χ3v) is 14.8. The first kappa shape index (κ1) is 59.2. The molecule has 0 fully saturated rings. The Kier molecular flexibility index (Phi) is 17.4. The van der Waals surface area contributed by atoms with Gasteiger partial charge in [-0.3, -0.25) is 14.4 Å². The zero-order chi connectivity index (χ0) is 60.1. The minimum absolute atomic E-state index is 0.0320. The molecule has 0 saturated carbocycles. The number of amides is 2. The molecule has 0 bridgehead atoms. The van der Waals surface area contributed by atoms with Gasteiger partial charge in [-0.25, -0.2) is 14.8 Å². The molecule has 0 aliphatic carbocycles. The van der Waals surface area contributed by atoms with Crippen LogP contribution in [0.3, 0.4) is 0 Å². The maximum Gasteiger partial charge on any atom is 0.418 e. The van der Waals surface area contributed by atoms with Crippen LogP contribution in [-0.2, 0) is 31.6 Å². The first-order valence-electron chi connectivity index (χ1n) is 24.7. The highest BCUT2D eigenvalue weighted by molar-refractivity contribution is 7.10. The Balaban J connectivity index is 0.000000152. The summed E-state index contributed by atoms with van der Waals surface area (Å²) in [5.41, 5.74) is 2.97. The standard InChI is InChI=1S/C22H14ClF3N2OS.C22H16F3N3OS.C17H10F3NO3/c23-18-11-19(21(29)27-12-15-7-4-8-30-15)28-20-16(18)9-14(10-17(20)22(24,25)26)13-5-2-1-3-6-13;23-22(24,25)17-10-14(13-5-2-1-3-6-13)9-16-18(26)11-19(28-20(16)17)21(29)27-12-15-7-4-8-30-15;18-17(19,20)12-7-10(9-4-2-1-3-5-9)6-11-14(22)8-13(16(23)24)21-15(11)12/h1-11H,12H2,(H,27,29);1-11H,12H2,(H2,26,28)(H,27,29);1-8H,(H,21,22)(H,23,24). The van der Waals surface area contributed by atoms with Crippen molar-refractivity contribution in [2.24, 2.45) is 0 Å². The Morgan fingerprint density at radius 3 is 1.33 bits per heavy atom. The molecule has 0 aliphatic heterocycles. The smallest absolute Gasteiger partial charge is 0.418 e. The van der Waals surface area contributed by atoms with E-state index in [0.717, 1.165) is 34.0 Å². The van der Waals surface area contributed by atoms with Gasteiger partial charge in [-0.05, 0) is 105 Å². The summed E-state index contributed by atoms with van der Waals surface area (Å²) in [4.78, 5) is 60.2. The summed E-state index contributed by atoms with van der Waals surface area (Å²) in [5, 5.41) is 18.1. The van der Waals surface area contributed by atoms with Gasteiger partial charge < -0.3 is 26.5 Å². The number of aromatic nitrogens is 3. The first-order chi connectivity index (χ1) is 39.9. The monoisotopic (exact) mass is 1210 g/mol. The number of H-pyrrole nitrogens is 1. The van der Waals surface area contributed by atoms with Crippen LogP contribution in [0, 0.1) is 0 Å². The molecule has 426 valence electrons. The highest BCUT2D eigenvalue weighted by Crippen LogP contribution is 2.42. The fourth-order valence-corrected chi connectivity index (χ4v) is 10.3. The molecule has 6 aromatic carbocycles. The van der Waals surface area contributed by atoms with Crippen molar-refractivity contribution >= 4 is 90.5 Å². The average Bonchev–Trinajstić information content (AvgIpc) is 2.66. The van der Waals surface area contributed by atoms with Crippen LogP contribution in [0.15, 0.2) is 185 Å². The molecule has 23 heteroatoms. The van der Waals surface area contributed by atoms with Crippen LogP contribution >= 0.6 is 34.3 Å². The van der Waals surface area contributed by atoms with Gasteiger partial charge in [0.15, 0.2) is 5.43 Å². The third kappa shape index (κ3) is 13.7. The van der Waals surface area contributed by atoms with E-state index in [1.165, 1.54) is 40.9 Å². The fourth-order valence-electron chi connectivity index (χ4n) is 8.73. The maximum absolute atomic E-state index is 13.8. The van der Waals surface area contributed by atoms with Crippen molar-refractivity contribution in [2.75, 3.05) is 5.73 Å². The Hall–Kier alpha value is -9.38. The second-order valence-corrected chi connectivity index (χ2v) is 20.8. The molecular weight excluding hydrogens is 1170 g/mol. The summed E-state index contributed by atoms with van der Waals surface area (Å²) in [6.07, 6.45) is -14.1. The van der Waals surface area contributed by atoms with E-state index in [0.29, 0.717) is 27.8 Å². The number of thiophene rings is 2. The number of carboxylic acid groups (broad SMARTS) is 1. The van der Waals surface area contributed by atoms with E-state index in [2.05, 4.69) is 25.6 Å². The van der Waals surface area contributed by atoms with Gasteiger partial charge in [0.05, 0.1) is 51.4 Å². The van der Waals surface area contributed by atoms with Gasteiger partial charge in [0.25, 0.3) is 11.8 Å². The van der Waals surface area contributed by atoms with Crippen LogP contribution in [0.1, 0.15) is 57.9 Å². The minimum Gasteiger partial charge on any atom is -0.477 e. The quantitative estimate of drug-likeness (QED) is 0.0839. The summed E-state index contributed by atoms with van der Waals surface area (Å²) in [6, 6.07) is 43.9. The van der Waals surface area contributed by atoms with Crippen LogP contribution in [0.2, 0.25) is 5.02 Å². The van der Waals surface area contributed by atoms with Crippen LogP contribution in [0.5, 0.6) is 0 Å². The van der Waals surface area contributed by atoms with Crippen molar-refractivity contribution in [1.29, 1.82) is 0 Å². The number of nitrogens with one attached hydrogen (secondary N) is 3. The predicted molar refractivity (Wildman–Crippen MR) is 307 cm³/mol. The lowest BCUT2D eigenvalue weighted by atomic mass is 9.98. The van der Waals surface area contributed by atoms with Crippen molar-refractivity contribution in [3.8, 4) is 33.4 Å². The number of carbonyl (C=O) groups excluding carboxylic acids is 2. The predicted octanol–water partition coefficient (Wildman–Crippen LogP) is 16.0. The topological polar surface area (TPSA) is 180 Å². The maximum atomic E-state index is 13.8. The number of alkyl halides is 9. The molecule has 0 saturated heterocycles. The van der Waals surface area contributed by atoms with E-state index in [9.17, 15) is 58.7 Å². The normalized spacial score (nSPS) is 11.6. The molecule has 6 N–H and O–H groups in total. The lowest BCUT2D eigenvalue weighted by molar-refractivity contribution is -0.137. The summed E-state index contributed by atoms with van der Waals surface area (Å²) in [5.74, 6) is -2.68. The second kappa shape index (κ2) is 24.6. The van der Waals surface area contributed by atoms with E-state index in [1.54, 1.807) is 103 Å². The number of rotatable bonds is 10. The molecule has 84 heavy (non-hydrogen) atoms. The molecule has 0 spiro atoms. The van der Waals surface area contributed by atoms with Crippen molar-refractivity contribution < 1.29 is 59.0 Å². The minimum atomic E-state index is -4.75. The van der Waals surface area contributed by atoms with Crippen LogP contribution < -0.4 is 21.8 Å². The van der Waals surface area contributed by atoms with E-state index in [-0.39, 0.29) is 67.9 Å². The van der Waals surface area contributed by atoms with E-state index in [1.807, 2.05) is 35.0 Å². The lowest BCUT2D eigenvalue weighted by Gasteiger charge is -2.15. The summed E-state index contributed by atoms with van der Waals surface area (Å²) in [7, 11) is 0. The van der Waals surface area contributed by atoms with Gasteiger partial charge in [-0.2, -0.15) is 39.5 Å². The molecular formula is C61H40ClF9N6O5S2. The number of nitrogens with two attached hydrogens (primary N) is 1. The van der Waals surface area contributed by atoms with Crippen molar-refractivity contribution in [3.63, 3.8) is 0 Å². The molecule has 5 heterocycles. The number of carboxylic acids is 1. The number of nitrogens with zero attached hydrogens (tertiary/aromatic N) is 2. The summed E-state index contributed by atoms with van der Waals surface area (Å²) < 4.78 is 123. The number of benzene rings is 6. The van der Waals surface area contributed by atoms with Gasteiger partial charge in [-0.15, -0.1) is 22.7 Å². The number of aromatic carboxylic acids is 1. The molecule has 11 aromatic rings. The number of halogens is 10. The number of anilines is 1. The molecule has 11 rings (SSSR count). The number of hydrogen-bond acceptors (Lipinski definition) is 9. The highest BCUT2D eigenvalue weighted by Gasteiger charge is 2.37.